The smallest absolute Gasteiger partial charge is 0.280 e. The van der Waals surface area contributed by atoms with Crippen LogP contribution in [0.3, 0.4) is 0 Å². The first kappa shape index (κ1) is 17.4. The first-order chi connectivity index (χ1) is 12.6. The van der Waals surface area contributed by atoms with Crippen LogP contribution in [0.5, 0.6) is 5.75 Å². The number of ketones is 1. The van der Waals surface area contributed by atoms with Crippen molar-refractivity contribution in [1.82, 2.24) is 9.78 Å². The predicted octanol–water partition coefficient (Wildman–Crippen LogP) is 3.73. The fraction of sp³-hybridized carbons (Fsp3) is 0.150. The van der Waals surface area contributed by atoms with E-state index >= 15 is 0 Å². The van der Waals surface area contributed by atoms with E-state index in [-0.39, 0.29) is 17.4 Å². The number of aromatic nitrogens is 2. The highest BCUT2D eigenvalue weighted by Crippen LogP contribution is 2.21. The number of hydrogen-bond donors (Lipinski definition) is 1. The number of hydrogen-bond acceptors (Lipinski definition) is 4. The van der Waals surface area contributed by atoms with Crippen molar-refractivity contribution in [1.29, 1.82) is 0 Å². The van der Waals surface area contributed by atoms with E-state index in [4.69, 9.17) is 4.74 Å². The summed E-state index contributed by atoms with van der Waals surface area (Å²) in [7, 11) is 0. The van der Waals surface area contributed by atoms with Crippen LogP contribution >= 0.6 is 0 Å². The molecule has 0 unspecified atom stereocenters. The minimum atomic E-state index is -0.376. The second-order valence-corrected chi connectivity index (χ2v) is 5.64. The van der Waals surface area contributed by atoms with Gasteiger partial charge in [0.1, 0.15) is 0 Å². The lowest BCUT2D eigenvalue weighted by molar-refractivity contribution is 0.101. The molecule has 0 saturated heterocycles. The molecule has 1 amide bonds. The molecule has 2 aromatic carbocycles. The Labute approximate surface area is 151 Å². The molecule has 1 N–H and O–H groups in total. The van der Waals surface area contributed by atoms with Crippen molar-refractivity contribution in [3.8, 4) is 11.4 Å². The second kappa shape index (κ2) is 7.65. The maximum absolute atomic E-state index is 12.6. The van der Waals surface area contributed by atoms with E-state index in [9.17, 15) is 9.59 Å². The standard InChI is InChI=1S/C20H19N3O3/c1-3-26-18-13-23(17-7-5-4-6-8-17)22-19(18)20(25)21-16-11-9-15(10-12-16)14(2)24/h4-13H,3H2,1-2H3,(H,21,25). The Hall–Kier alpha value is -3.41. The summed E-state index contributed by atoms with van der Waals surface area (Å²) in [6, 6.07) is 16.2. The average Bonchev–Trinajstić information content (AvgIpc) is 3.07. The molecule has 0 radical (unpaired) electrons. The van der Waals surface area contributed by atoms with Gasteiger partial charge >= 0.3 is 0 Å². The largest absolute Gasteiger partial charge is 0.490 e. The molecule has 3 rings (SSSR count). The van der Waals surface area contributed by atoms with E-state index < -0.39 is 0 Å². The van der Waals surface area contributed by atoms with E-state index in [1.165, 1.54) is 6.92 Å². The number of carbonyl (C=O) groups is 2. The van der Waals surface area contributed by atoms with E-state index in [0.29, 0.717) is 23.6 Å². The Morgan fingerprint density at radius 2 is 1.77 bits per heavy atom. The van der Waals surface area contributed by atoms with Gasteiger partial charge in [0, 0.05) is 11.3 Å². The van der Waals surface area contributed by atoms with Crippen molar-refractivity contribution >= 4 is 17.4 Å². The molecule has 0 fully saturated rings. The van der Waals surface area contributed by atoms with Crippen molar-refractivity contribution in [3.05, 3.63) is 72.1 Å². The predicted molar refractivity (Wildman–Crippen MR) is 99.1 cm³/mol. The normalized spacial score (nSPS) is 10.4. The number of ether oxygens (including phenoxy) is 1. The Morgan fingerprint density at radius 1 is 1.08 bits per heavy atom. The third-order valence-corrected chi connectivity index (χ3v) is 3.77. The van der Waals surface area contributed by atoms with Gasteiger partial charge in [-0.3, -0.25) is 9.59 Å². The summed E-state index contributed by atoms with van der Waals surface area (Å²) in [6.45, 7) is 3.77. The Bertz CT molecular complexity index is 915. The van der Waals surface area contributed by atoms with Gasteiger partial charge in [0.15, 0.2) is 17.2 Å². The lowest BCUT2D eigenvalue weighted by Crippen LogP contribution is -2.14. The zero-order valence-corrected chi connectivity index (χ0v) is 14.6. The van der Waals surface area contributed by atoms with Crippen LogP contribution in [0.15, 0.2) is 60.8 Å². The van der Waals surface area contributed by atoms with E-state index in [0.717, 1.165) is 5.69 Å². The van der Waals surface area contributed by atoms with Crippen LogP contribution in [-0.4, -0.2) is 28.1 Å². The fourth-order valence-corrected chi connectivity index (χ4v) is 2.47. The number of Topliss-reactive ketones (excluding diaryl/α,β-unsaturated/α-hetero) is 1. The van der Waals surface area contributed by atoms with Gasteiger partial charge in [-0.1, -0.05) is 18.2 Å². The first-order valence-electron chi connectivity index (χ1n) is 8.28. The number of nitrogens with one attached hydrogen (secondary N) is 1. The van der Waals surface area contributed by atoms with E-state index in [1.807, 2.05) is 37.3 Å². The molecule has 6 nitrogen and oxygen atoms in total. The number of anilines is 1. The molecule has 0 atom stereocenters. The van der Waals surface area contributed by atoms with Crippen molar-refractivity contribution in [2.45, 2.75) is 13.8 Å². The van der Waals surface area contributed by atoms with Crippen molar-refractivity contribution in [2.75, 3.05) is 11.9 Å². The summed E-state index contributed by atoms with van der Waals surface area (Å²) in [6.07, 6.45) is 1.69. The van der Waals surface area contributed by atoms with Crippen LogP contribution in [-0.2, 0) is 0 Å². The Kier molecular flexibility index (Phi) is 5.12. The van der Waals surface area contributed by atoms with Gasteiger partial charge < -0.3 is 10.1 Å². The summed E-state index contributed by atoms with van der Waals surface area (Å²) >= 11 is 0. The molecule has 0 aliphatic heterocycles. The lowest BCUT2D eigenvalue weighted by atomic mass is 10.1. The minimum Gasteiger partial charge on any atom is -0.490 e. The molecular weight excluding hydrogens is 330 g/mol. The minimum absolute atomic E-state index is 0.0249. The van der Waals surface area contributed by atoms with Crippen LogP contribution in [0.25, 0.3) is 5.69 Å². The van der Waals surface area contributed by atoms with Gasteiger partial charge in [0.2, 0.25) is 0 Å². The number of rotatable bonds is 6. The van der Waals surface area contributed by atoms with Gasteiger partial charge in [-0.2, -0.15) is 5.10 Å². The molecule has 6 heteroatoms. The Balaban J connectivity index is 1.85. The summed E-state index contributed by atoms with van der Waals surface area (Å²) in [4.78, 5) is 24.0. The van der Waals surface area contributed by atoms with Crippen LogP contribution in [0.4, 0.5) is 5.69 Å². The van der Waals surface area contributed by atoms with Gasteiger partial charge in [-0.25, -0.2) is 4.68 Å². The van der Waals surface area contributed by atoms with Crippen LogP contribution in [0.2, 0.25) is 0 Å². The number of para-hydroxylation sites is 1. The summed E-state index contributed by atoms with van der Waals surface area (Å²) in [5.74, 6) is 0.0102. The second-order valence-electron chi connectivity index (χ2n) is 5.64. The number of nitrogens with zero attached hydrogens (tertiary/aromatic N) is 2. The highest BCUT2D eigenvalue weighted by atomic mass is 16.5. The molecule has 3 aromatic rings. The monoisotopic (exact) mass is 349 g/mol. The molecule has 26 heavy (non-hydrogen) atoms. The summed E-state index contributed by atoms with van der Waals surface area (Å²) in [5, 5.41) is 7.15. The third kappa shape index (κ3) is 3.80. The number of carbonyl (C=O) groups excluding carboxylic acids is 2. The molecule has 1 aromatic heterocycles. The molecule has 0 spiro atoms. The maximum Gasteiger partial charge on any atom is 0.280 e. The molecule has 132 valence electrons. The molecule has 1 heterocycles. The van der Waals surface area contributed by atoms with Crippen LogP contribution in [0.1, 0.15) is 34.7 Å². The number of amides is 1. The van der Waals surface area contributed by atoms with Crippen molar-refractivity contribution in [3.63, 3.8) is 0 Å². The van der Waals surface area contributed by atoms with E-state index in [1.54, 1.807) is 35.1 Å². The van der Waals surface area contributed by atoms with Crippen molar-refractivity contribution in [2.24, 2.45) is 0 Å². The SMILES string of the molecule is CCOc1cn(-c2ccccc2)nc1C(=O)Nc1ccc(C(C)=O)cc1. The Morgan fingerprint density at radius 3 is 2.38 bits per heavy atom. The van der Waals surface area contributed by atoms with Gasteiger partial charge in [0.25, 0.3) is 5.91 Å². The number of benzene rings is 2. The summed E-state index contributed by atoms with van der Waals surface area (Å²) in [5.41, 5.74) is 2.20. The quantitative estimate of drug-likeness (QED) is 0.688. The zero-order valence-electron chi connectivity index (χ0n) is 14.6. The first-order valence-corrected chi connectivity index (χ1v) is 8.28. The molecule has 0 bridgehead atoms. The molecule has 0 aliphatic carbocycles. The zero-order chi connectivity index (χ0) is 18.5. The molecular formula is C20H19N3O3. The van der Waals surface area contributed by atoms with Gasteiger partial charge in [-0.15, -0.1) is 0 Å². The van der Waals surface area contributed by atoms with E-state index in [2.05, 4.69) is 10.4 Å². The highest BCUT2D eigenvalue weighted by Gasteiger charge is 2.19. The van der Waals surface area contributed by atoms with Gasteiger partial charge in [0.05, 0.1) is 18.5 Å². The molecule has 0 saturated carbocycles. The average molecular weight is 349 g/mol. The summed E-state index contributed by atoms with van der Waals surface area (Å²) < 4.78 is 7.17. The molecule has 0 aliphatic rings. The van der Waals surface area contributed by atoms with Gasteiger partial charge in [-0.05, 0) is 50.2 Å². The van der Waals surface area contributed by atoms with Crippen LogP contribution < -0.4 is 10.1 Å². The third-order valence-electron chi connectivity index (χ3n) is 3.77. The van der Waals surface area contributed by atoms with Crippen LogP contribution in [0, 0.1) is 0 Å². The topological polar surface area (TPSA) is 73.2 Å². The van der Waals surface area contributed by atoms with Crippen molar-refractivity contribution < 1.29 is 14.3 Å². The maximum atomic E-state index is 12.6. The fourth-order valence-electron chi connectivity index (χ4n) is 2.47. The highest BCUT2D eigenvalue weighted by molar-refractivity contribution is 6.05. The lowest BCUT2D eigenvalue weighted by Gasteiger charge is -2.06.